The molecule has 0 aromatic carbocycles. The average molecular weight is 307 g/mol. The number of aldehydes is 1. The van der Waals surface area contributed by atoms with Crippen LogP contribution in [-0.4, -0.2) is 39.5 Å². The predicted octanol–water partition coefficient (Wildman–Crippen LogP) is 0.839. The number of hydrogen-bond acceptors (Lipinski definition) is 6. The van der Waals surface area contributed by atoms with Crippen molar-refractivity contribution >= 4 is 18.2 Å². The molecular weight excluding hydrogens is 290 g/mol. The quantitative estimate of drug-likeness (QED) is 0.539. The van der Waals surface area contributed by atoms with Crippen LogP contribution in [0.5, 0.6) is 0 Å². The molecule has 1 aromatic rings. The van der Waals surface area contributed by atoms with E-state index < -0.39 is 17.9 Å². The van der Waals surface area contributed by atoms with Gasteiger partial charge in [-0.1, -0.05) is 18.2 Å². The summed E-state index contributed by atoms with van der Waals surface area (Å²) in [7, 11) is 0. The fraction of sp³-hybridized carbons (Fsp3) is 0.500. The van der Waals surface area contributed by atoms with Crippen molar-refractivity contribution in [1.29, 1.82) is 0 Å². The lowest BCUT2D eigenvalue weighted by Gasteiger charge is -2.09. The highest BCUT2D eigenvalue weighted by atomic mass is 16.5. The lowest BCUT2D eigenvalue weighted by molar-refractivity contribution is -0.131. The molecule has 1 unspecified atom stereocenters. The van der Waals surface area contributed by atoms with Gasteiger partial charge >= 0.3 is 17.8 Å². The zero-order chi connectivity index (χ0) is 16.2. The summed E-state index contributed by atoms with van der Waals surface area (Å²) in [6.07, 6.45) is 5.56. The largest absolute Gasteiger partial charge is 0.478 e. The second kappa shape index (κ2) is 6.50. The first kappa shape index (κ1) is 15.9. The molecule has 1 amide bonds. The van der Waals surface area contributed by atoms with Crippen molar-refractivity contribution in [2.24, 2.45) is 0 Å². The van der Waals surface area contributed by atoms with Crippen LogP contribution in [0.3, 0.4) is 0 Å². The summed E-state index contributed by atoms with van der Waals surface area (Å²) in [5.41, 5.74) is -0.103. The van der Waals surface area contributed by atoms with E-state index in [0.717, 1.165) is 18.9 Å². The zero-order valence-corrected chi connectivity index (χ0v) is 12.1. The molecule has 1 fully saturated rings. The molecule has 1 heterocycles. The van der Waals surface area contributed by atoms with Crippen LogP contribution in [0.15, 0.2) is 16.7 Å². The van der Waals surface area contributed by atoms with Crippen LogP contribution in [-0.2, 0) is 15.0 Å². The maximum Gasteiger partial charge on any atom is 0.327 e. The molecule has 1 saturated carbocycles. The summed E-state index contributed by atoms with van der Waals surface area (Å²) < 4.78 is 4.91. The highest BCUT2D eigenvalue weighted by Gasteiger charge is 2.44. The Morgan fingerprint density at radius 3 is 2.82 bits per heavy atom. The van der Waals surface area contributed by atoms with E-state index in [-0.39, 0.29) is 17.7 Å². The van der Waals surface area contributed by atoms with E-state index in [1.165, 1.54) is 6.08 Å². The highest BCUT2D eigenvalue weighted by Crippen LogP contribution is 2.45. The number of amides is 1. The lowest BCUT2D eigenvalue weighted by atomic mass is 10.1. The van der Waals surface area contributed by atoms with Gasteiger partial charge < -0.3 is 19.7 Å². The molecule has 0 spiro atoms. The maximum atomic E-state index is 11.9. The number of aliphatic carboxylic acids is 1. The Morgan fingerprint density at radius 2 is 2.23 bits per heavy atom. The Kier molecular flexibility index (Phi) is 4.69. The van der Waals surface area contributed by atoms with Gasteiger partial charge in [0.05, 0.1) is 6.04 Å². The van der Waals surface area contributed by atoms with Crippen LogP contribution in [0.2, 0.25) is 0 Å². The number of nitrogens with one attached hydrogen (secondary N) is 1. The number of allylic oxidation sites excluding steroid dienone is 1. The fourth-order valence-corrected chi connectivity index (χ4v) is 1.84. The minimum Gasteiger partial charge on any atom is -0.478 e. The Labute approximate surface area is 126 Å². The second-order valence-electron chi connectivity index (χ2n) is 5.52. The number of aromatic nitrogens is 2. The number of hydrogen-bond donors (Lipinski definition) is 2. The SMILES string of the molecule is CC1(c2noc(C(=O)NC(C=O)CCC=CC(=O)O)n2)CC1. The predicted molar refractivity (Wildman–Crippen MR) is 74.2 cm³/mol. The van der Waals surface area contributed by atoms with Gasteiger partial charge in [-0.3, -0.25) is 4.79 Å². The topological polar surface area (TPSA) is 122 Å². The van der Waals surface area contributed by atoms with Crippen LogP contribution in [0.1, 0.15) is 49.1 Å². The molecule has 0 saturated heterocycles. The van der Waals surface area contributed by atoms with Crippen LogP contribution < -0.4 is 5.32 Å². The van der Waals surface area contributed by atoms with Gasteiger partial charge in [0, 0.05) is 11.5 Å². The van der Waals surface area contributed by atoms with E-state index in [0.29, 0.717) is 18.5 Å². The van der Waals surface area contributed by atoms with Crippen molar-refractivity contribution in [3.05, 3.63) is 23.9 Å². The normalized spacial score (nSPS) is 17.1. The molecule has 118 valence electrons. The fourth-order valence-electron chi connectivity index (χ4n) is 1.84. The minimum absolute atomic E-state index is 0.103. The number of carboxylic acids is 1. The van der Waals surface area contributed by atoms with Gasteiger partial charge in [0.25, 0.3) is 0 Å². The van der Waals surface area contributed by atoms with Crippen LogP contribution in [0, 0.1) is 0 Å². The molecule has 2 rings (SSSR count). The van der Waals surface area contributed by atoms with E-state index in [4.69, 9.17) is 9.63 Å². The second-order valence-corrected chi connectivity index (χ2v) is 5.52. The summed E-state index contributed by atoms with van der Waals surface area (Å²) in [6.45, 7) is 1.99. The summed E-state index contributed by atoms with van der Waals surface area (Å²) in [5.74, 6) is -1.33. The Morgan fingerprint density at radius 1 is 1.50 bits per heavy atom. The molecule has 22 heavy (non-hydrogen) atoms. The van der Waals surface area contributed by atoms with E-state index in [2.05, 4.69) is 15.5 Å². The maximum absolute atomic E-state index is 11.9. The molecule has 2 N–H and O–H groups in total. The first-order chi connectivity index (χ1) is 10.4. The van der Waals surface area contributed by atoms with Crippen molar-refractivity contribution < 1.29 is 24.0 Å². The van der Waals surface area contributed by atoms with Crippen LogP contribution in [0.25, 0.3) is 0 Å². The lowest BCUT2D eigenvalue weighted by Crippen LogP contribution is -2.36. The Hall–Kier alpha value is -2.51. The first-order valence-electron chi connectivity index (χ1n) is 6.94. The molecule has 8 heteroatoms. The van der Waals surface area contributed by atoms with E-state index in [1.54, 1.807) is 0 Å². The number of carboxylic acid groups (broad SMARTS) is 1. The van der Waals surface area contributed by atoms with Crippen molar-refractivity contribution in [2.75, 3.05) is 0 Å². The van der Waals surface area contributed by atoms with E-state index in [1.807, 2.05) is 6.92 Å². The average Bonchev–Trinajstić information content (AvgIpc) is 3.04. The first-order valence-corrected chi connectivity index (χ1v) is 6.94. The summed E-state index contributed by atoms with van der Waals surface area (Å²) in [5, 5.41) is 14.7. The standard InChI is InChI=1S/C14H17N3O5/c1-14(6-7-14)13-16-12(22-17-13)11(21)15-9(8-18)4-2-3-5-10(19)20/h3,5,8-9H,2,4,6-7H2,1H3,(H,15,21)(H,19,20). The molecule has 1 aliphatic carbocycles. The molecular formula is C14H17N3O5. The summed E-state index contributed by atoms with van der Waals surface area (Å²) in [6, 6.07) is -0.738. The van der Waals surface area contributed by atoms with E-state index >= 15 is 0 Å². The van der Waals surface area contributed by atoms with Crippen LogP contribution in [0.4, 0.5) is 0 Å². The monoisotopic (exact) mass is 307 g/mol. The summed E-state index contributed by atoms with van der Waals surface area (Å²) in [4.78, 5) is 37.3. The molecule has 0 radical (unpaired) electrons. The van der Waals surface area contributed by atoms with Gasteiger partial charge in [-0.2, -0.15) is 4.98 Å². The third kappa shape index (κ3) is 4.00. The Bertz CT molecular complexity index is 603. The third-order valence-electron chi connectivity index (χ3n) is 3.55. The Balaban J connectivity index is 1.87. The number of rotatable bonds is 8. The number of carbonyl (C=O) groups excluding carboxylic acids is 2. The third-order valence-corrected chi connectivity index (χ3v) is 3.55. The van der Waals surface area contributed by atoms with Gasteiger partial charge in [0.15, 0.2) is 5.82 Å². The molecule has 0 bridgehead atoms. The van der Waals surface area contributed by atoms with Crippen molar-refractivity contribution in [2.45, 2.75) is 44.1 Å². The molecule has 8 nitrogen and oxygen atoms in total. The highest BCUT2D eigenvalue weighted by molar-refractivity contribution is 5.91. The molecule has 0 aliphatic heterocycles. The molecule has 1 aromatic heterocycles. The summed E-state index contributed by atoms with van der Waals surface area (Å²) >= 11 is 0. The van der Waals surface area contributed by atoms with Crippen molar-refractivity contribution in [3.8, 4) is 0 Å². The number of nitrogens with zero attached hydrogens (tertiary/aromatic N) is 2. The van der Waals surface area contributed by atoms with Crippen LogP contribution >= 0.6 is 0 Å². The molecule has 1 aliphatic rings. The molecule has 1 atom stereocenters. The van der Waals surface area contributed by atoms with Gasteiger partial charge in [-0.25, -0.2) is 4.79 Å². The minimum atomic E-state index is -1.06. The van der Waals surface area contributed by atoms with Gasteiger partial charge in [0.2, 0.25) is 0 Å². The van der Waals surface area contributed by atoms with E-state index in [9.17, 15) is 14.4 Å². The van der Waals surface area contributed by atoms with Gasteiger partial charge in [0.1, 0.15) is 6.29 Å². The van der Waals surface area contributed by atoms with Crippen molar-refractivity contribution in [1.82, 2.24) is 15.5 Å². The number of carbonyl (C=O) groups is 3. The van der Waals surface area contributed by atoms with Gasteiger partial charge in [-0.05, 0) is 25.7 Å². The zero-order valence-electron chi connectivity index (χ0n) is 12.1. The van der Waals surface area contributed by atoms with Crippen molar-refractivity contribution in [3.63, 3.8) is 0 Å². The smallest absolute Gasteiger partial charge is 0.327 e. The van der Waals surface area contributed by atoms with Gasteiger partial charge in [-0.15, -0.1) is 0 Å².